The standard InChI is InChI=1S/C28H34N4OS/c1-3-8-24-25(4-2)34-29-28(24)31-17-15-30(16-18-31)13-6-5-9-21-19-22-10-7-14-32-26(33)12-11-23(20-21)27(22)32/h3-4,8,15,17,19-20H,2,5-7,9-14,16,18H2,1H3/b8-3-. The third-order valence-electron chi connectivity index (χ3n) is 7.11. The average molecular weight is 475 g/mol. The highest BCUT2D eigenvalue weighted by atomic mass is 32.1. The summed E-state index contributed by atoms with van der Waals surface area (Å²) >= 11 is 1.51. The van der Waals surface area contributed by atoms with Crippen LogP contribution in [0.3, 0.4) is 0 Å². The molecule has 0 unspecified atom stereocenters. The van der Waals surface area contributed by atoms with Crippen LogP contribution in [0.15, 0.2) is 37.2 Å². The number of nitrogens with zero attached hydrogens (tertiary/aromatic N) is 4. The molecule has 1 aromatic heterocycles. The van der Waals surface area contributed by atoms with Crippen LogP contribution >= 0.6 is 11.5 Å². The molecule has 2 aromatic rings. The molecule has 5 rings (SSSR count). The van der Waals surface area contributed by atoms with Crippen LogP contribution in [0.4, 0.5) is 11.5 Å². The zero-order valence-corrected chi connectivity index (χ0v) is 20.9. The number of allylic oxidation sites excluding steroid dienone is 1. The Balaban J connectivity index is 1.14. The molecular weight excluding hydrogens is 440 g/mol. The number of hydrogen-bond donors (Lipinski definition) is 0. The number of unbranched alkanes of at least 4 members (excludes halogenated alkanes) is 1. The molecule has 0 saturated carbocycles. The first kappa shape index (κ1) is 22.9. The highest BCUT2D eigenvalue weighted by Crippen LogP contribution is 2.37. The zero-order valence-electron chi connectivity index (χ0n) is 20.1. The van der Waals surface area contributed by atoms with Crippen molar-refractivity contribution in [2.24, 2.45) is 0 Å². The van der Waals surface area contributed by atoms with Crippen molar-refractivity contribution < 1.29 is 4.79 Å². The highest BCUT2D eigenvalue weighted by Gasteiger charge is 2.29. The molecule has 6 heteroatoms. The fraction of sp³-hybridized carbons (Fsp3) is 0.429. The molecule has 4 heterocycles. The summed E-state index contributed by atoms with van der Waals surface area (Å²) in [6.07, 6.45) is 17.7. The van der Waals surface area contributed by atoms with Crippen molar-refractivity contribution >= 4 is 41.1 Å². The van der Waals surface area contributed by atoms with E-state index in [2.05, 4.69) is 57.4 Å². The van der Waals surface area contributed by atoms with Crippen molar-refractivity contribution in [3.8, 4) is 0 Å². The summed E-state index contributed by atoms with van der Waals surface area (Å²) in [5.41, 5.74) is 6.64. The molecule has 0 bridgehead atoms. The van der Waals surface area contributed by atoms with Crippen molar-refractivity contribution in [2.45, 2.75) is 51.9 Å². The number of aromatic nitrogens is 1. The Bertz CT molecular complexity index is 1110. The van der Waals surface area contributed by atoms with Crippen LogP contribution in [0.5, 0.6) is 0 Å². The van der Waals surface area contributed by atoms with Gasteiger partial charge in [0.2, 0.25) is 5.91 Å². The van der Waals surface area contributed by atoms with E-state index in [9.17, 15) is 4.79 Å². The Morgan fingerprint density at radius 2 is 1.94 bits per heavy atom. The Morgan fingerprint density at radius 3 is 2.71 bits per heavy atom. The van der Waals surface area contributed by atoms with Crippen molar-refractivity contribution in [1.29, 1.82) is 0 Å². The van der Waals surface area contributed by atoms with E-state index in [4.69, 9.17) is 0 Å². The maximum Gasteiger partial charge on any atom is 0.227 e. The van der Waals surface area contributed by atoms with E-state index in [0.29, 0.717) is 12.3 Å². The van der Waals surface area contributed by atoms with Crippen LogP contribution in [0.2, 0.25) is 0 Å². The van der Waals surface area contributed by atoms with Crippen molar-refractivity contribution in [2.75, 3.05) is 36.0 Å². The minimum Gasteiger partial charge on any atom is -0.374 e. The number of carbonyl (C=O) groups is 1. The topological polar surface area (TPSA) is 39.7 Å². The van der Waals surface area contributed by atoms with Gasteiger partial charge in [-0.15, -0.1) is 0 Å². The number of rotatable bonds is 8. The largest absolute Gasteiger partial charge is 0.374 e. The molecule has 0 radical (unpaired) electrons. The van der Waals surface area contributed by atoms with Gasteiger partial charge in [-0.1, -0.05) is 30.9 Å². The van der Waals surface area contributed by atoms with Crippen LogP contribution < -0.4 is 9.80 Å². The SMILES string of the molecule is C=Cc1snc(N2C=CN(CCCCc3cc4c5c(c3)CCC(=O)N5CCC4)CC2)c1/C=C\C. The second-order valence-electron chi connectivity index (χ2n) is 9.38. The molecule has 0 N–H and O–H groups in total. The molecular formula is C28H34N4OS. The summed E-state index contributed by atoms with van der Waals surface area (Å²) in [7, 11) is 0. The lowest BCUT2D eigenvalue weighted by Gasteiger charge is -2.35. The Morgan fingerprint density at radius 1 is 1.09 bits per heavy atom. The molecule has 5 nitrogen and oxygen atoms in total. The quantitative estimate of drug-likeness (QED) is 0.463. The Kier molecular flexibility index (Phi) is 6.86. The molecule has 178 valence electrons. The van der Waals surface area contributed by atoms with Gasteiger partial charge in [0.1, 0.15) is 0 Å². The molecule has 3 aliphatic rings. The van der Waals surface area contributed by atoms with Crippen LogP contribution in [0.25, 0.3) is 12.2 Å². The second kappa shape index (κ2) is 10.2. The average Bonchev–Trinajstić information content (AvgIpc) is 3.27. The molecule has 0 fully saturated rings. The van der Waals surface area contributed by atoms with Gasteiger partial charge in [-0.2, -0.15) is 4.37 Å². The van der Waals surface area contributed by atoms with Gasteiger partial charge < -0.3 is 14.7 Å². The smallest absolute Gasteiger partial charge is 0.227 e. The van der Waals surface area contributed by atoms with Gasteiger partial charge in [0.25, 0.3) is 0 Å². The number of hydrogen-bond acceptors (Lipinski definition) is 5. The van der Waals surface area contributed by atoms with E-state index < -0.39 is 0 Å². The summed E-state index contributed by atoms with van der Waals surface area (Å²) in [5.74, 6) is 1.34. The van der Waals surface area contributed by atoms with E-state index in [-0.39, 0.29) is 0 Å². The predicted molar refractivity (Wildman–Crippen MR) is 143 cm³/mol. The molecule has 3 aliphatic heterocycles. The van der Waals surface area contributed by atoms with Crippen LogP contribution in [-0.4, -0.2) is 41.4 Å². The van der Waals surface area contributed by atoms with Crippen molar-refractivity contribution in [3.05, 3.63) is 64.3 Å². The minimum atomic E-state index is 0.309. The summed E-state index contributed by atoms with van der Waals surface area (Å²) < 4.78 is 4.67. The third kappa shape index (κ3) is 4.56. The van der Waals surface area contributed by atoms with Crippen molar-refractivity contribution in [3.63, 3.8) is 0 Å². The van der Waals surface area contributed by atoms with E-state index in [1.807, 2.05) is 17.9 Å². The third-order valence-corrected chi connectivity index (χ3v) is 7.96. The van der Waals surface area contributed by atoms with Gasteiger partial charge >= 0.3 is 0 Å². The first-order valence-corrected chi connectivity index (χ1v) is 13.3. The zero-order chi connectivity index (χ0) is 23.5. The van der Waals surface area contributed by atoms with E-state index in [1.165, 1.54) is 46.8 Å². The Labute approximate surface area is 207 Å². The molecule has 0 saturated heterocycles. The maximum atomic E-state index is 12.3. The number of amides is 1. The number of carbonyl (C=O) groups excluding carboxylic acids is 1. The minimum absolute atomic E-state index is 0.309. The predicted octanol–water partition coefficient (Wildman–Crippen LogP) is 5.66. The van der Waals surface area contributed by atoms with Crippen LogP contribution in [0.1, 0.15) is 59.7 Å². The lowest BCUT2D eigenvalue weighted by molar-refractivity contribution is -0.119. The molecule has 0 aliphatic carbocycles. The fourth-order valence-corrected chi connectivity index (χ4v) is 6.14. The van der Waals surface area contributed by atoms with Crippen LogP contribution in [0, 0.1) is 0 Å². The number of benzene rings is 1. The van der Waals surface area contributed by atoms with E-state index in [0.717, 1.165) is 68.1 Å². The summed E-state index contributed by atoms with van der Waals surface area (Å²) in [6, 6.07) is 4.74. The molecule has 1 aromatic carbocycles. The summed E-state index contributed by atoms with van der Waals surface area (Å²) in [4.78, 5) is 20.1. The lowest BCUT2D eigenvalue weighted by atomic mass is 9.89. The number of aryl methyl sites for hydroxylation is 3. The fourth-order valence-electron chi connectivity index (χ4n) is 5.42. The molecule has 1 amide bonds. The van der Waals surface area contributed by atoms with Gasteiger partial charge in [-0.3, -0.25) is 4.79 Å². The van der Waals surface area contributed by atoms with Gasteiger partial charge in [-0.05, 0) is 79.7 Å². The van der Waals surface area contributed by atoms with Gasteiger partial charge in [-0.25, -0.2) is 0 Å². The van der Waals surface area contributed by atoms with E-state index in [1.54, 1.807) is 0 Å². The first-order chi connectivity index (χ1) is 16.7. The molecule has 0 spiro atoms. The maximum absolute atomic E-state index is 12.3. The molecule has 0 atom stereocenters. The molecule has 34 heavy (non-hydrogen) atoms. The van der Waals surface area contributed by atoms with E-state index >= 15 is 0 Å². The van der Waals surface area contributed by atoms with Gasteiger partial charge in [0.15, 0.2) is 5.82 Å². The number of anilines is 2. The monoisotopic (exact) mass is 474 g/mol. The summed E-state index contributed by atoms with van der Waals surface area (Å²) in [6.45, 7) is 9.91. The Hall–Kier alpha value is -2.86. The summed E-state index contributed by atoms with van der Waals surface area (Å²) in [5, 5.41) is 0. The van der Waals surface area contributed by atoms with Gasteiger partial charge in [0, 0.05) is 50.6 Å². The van der Waals surface area contributed by atoms with Crippen LogP contribution in [-0.2, 0) is 24.1 Å². The highest BCUT2D eigenvalue weighted by molar-refractivity contribution is 7.07. The first-order valence-electron chi connectivity index (χ1n) is 12.6. The normalized spacial score (nSPS) is 17.6. The second-order valence-corrected chi connectivity index (χ2v) is 10.2. The van der Waals surface area contributed by atoms with Crippen molar-refractivity contribution in [1.82, 2.24) is 9.27 Å². The lowest BCUT2D eigenvalue weighted by Crippen LogP contribution is -2.39. The van der Waals surface area contributed by atoms with Gasteiger partial charge in [0.05, 0.1) is 10.6 Å².